The molecule has 13 heavy (non-hydrogen) atoms. The predicted molar refractivity (Wildman–Crippen MR) is 56.1 cm³/mol. The monoisotopic (exact) mass is 202 g/mol. The molecule has 1 atom stereocenters. The van der Waals surface area contributed by atoms with Crippen molar-refractivity contribution >= 4 is 17.7 Å². The van der Waals surface area contributed by atoms with Gasteiger partial charge in [0.05, 0.1) is 0 Å². The largest absolute Gasteiger partial charge is 0.480 e. The van der Waals surface area contributed by atoms with Crippen LogP contribution in [0.4, 0.5) is 0 Å². The second-order valence-corrected chi connectivity index (χ2v) is 5.66. The quantitative estimate of drug-likeness (QED) is 0.761. The van der Waals surface area contributed by atoms with Gasteiger partial charge in [-0.25, -0.2) is 0 Å². The van der Waals surface area contributed by atoms with E-state index in [-0.39, 0.29) is 0 Å². The minimum Gasteiger partial charge on any atom is -0.480 e. The molecule has 0 amide bonds. The fraction of sp³-hybridized carbons (Fsp3) is 0.900. The van der Waals surface area contributed by atoms with Gasteiger partial charge in [0, 0.05) is 0 Å². The molecule has 1 rings (SSSR count). The third-order valence-corrected chi connectivity index (χ3v) is 4.25. The van der Waals surface area contributed by atoms with Crippen molar-refractivity contribution in [3.63, 3.8) is 0 Å². The Morgan fingerprint density at radius 1 is 1.62 bits per heavy atom. The average Bonchev–Trinajstić information content (AvgIpc) is 2.50. The number of carbonyl (C=O) groups is 1. The fourth-order valence-electron chi connectivity index (χ4n) is 1.69. The van der Waals surface area contributed by atoms with Crippen LogP contribution in [-0.4, -0.2) is 21.6 Å². The lowest BCUT2D eigenvalue weighted by Crippen LogP contribution is -2.32. The van der Waals surface area contributed by atoms with Crippen LogP contribution in [0.25, 0.3) is 0 Å². The maximum Gasteiger partial charge on any atom is 0.319 e. The smallest absolute Gasteiger partial charge is 0.319 e. The van der Waals surface area contributed by atoms with Crippen molar-refractivity contribution < 1.29 is 9.90 Å². The summed E-state index contributed by atoms with van der Waals surface area (Å²) in [5.41, 5.74) is 0. The summed E-state index contributed by atoms with van der Waals surface area (Å²) in [4.78, 5) is 11.1. The van der Waals surface area contributed by atoms with Crippen LogP contribution in [0.3, 0.4) is 0 Å². The summed E-state index contributed by atoms with van der Waals surface area (Å²) in [7, 11) is 0. The van der Waals surface area contributed by atoms with Crippen LogP contribution in [0.1, 0.15) is 39.5 Å². The second kappa shape index (κ2) is 4.36. The Labute approximate surface area is 84.1 Å². The van der Waals surface area contributed by atoms with Gasteiger partial charge < -0.3 is 5.11 Å². The van der Waals surface area contributed by atoms with Crippen molar-refractivity contribution in [3.8, 4) is 0 Å². The lowest BCUT2D eigenvalue weighted by atomic mass is 9.93. The molecule has 0 aromatic carbocycles. The van der Waals surface area contributed by atoms with Crippen LogP contribution in [0.5, 0.6) is 0 Å². The van der Waals surface area contributed by atoms with E-state index in [0.717, 1.165) is 31.4 Å². The van der Waals surface area contributed by atoms with Crippen molar-refractivity contribution in [3.05, 3.63) is 0 Å². The van der Waals surface area contributed by atoms with Crippen molar-refractivity contribution in [2.24, 2.45) is 5.92 Å². The molecule has 1 heterocycles. The molecular weight excluding hydrogens is 184 g/mol. The molecule has 1 saturated heterocycles. The average molecular weight is 202 g/mol. The topological polar surface area (TPSA) is 37.3 Å². The fourth-order valence-corrected chi connectivity index (χ4v) is 3.05. The van der Waals surface area contributed by atoms with Crippen molar-refractivity contribution in [1.29, 1.82) is 0 Å². The number of hydrogen-bond donors (Lipinski definition) is 1. The van der Waals surface area contributed by atoms with Gasteiger partial charge in [-0.05, 0) is 37.4 Å². The lowest BCUT2D eigenvalue weighted by molar-refractivity contribution is -0.140. The molecule has 0 bridgehead atoms. The molecule has 0 spiro atoms. The van der Waals surface area contributed by atoms with E-state index in [9.17, 15) is 4.79 Å². The van der Waals surface area contributed by atoms with Gasteiger partial charge in [0.1, 0.15) is 4.75 Å². The first-order valence-corrected chi connectivity index (χ1v) is 5.93. The van der Waals surface area contributed by atoms with Gasteiger partial charge >= 0.3 is 5.97 Å². The molecule has 1 fully saturated rings. The lowest BCUT2D eigenvalue weighted by Gasteiger charge is -2.23. The number of carboxylic acids is 1. The van der Waals surface area contributed by atoms with E-state index in [0.29, 0.717) is 5.92 Å². The minimum atomic E-state index is -0.601. The summed E-state index contributed by atoms with van der Waals surface area (Å²) in [5.74, 6) is 1.03. The molecule has 0 saturated carbocycles. The minimum absolute atomic E-state index is 0.440. The molecule has 0 aromatic rings. The zero-order chi connectivity index (χ0) is 9.90. The Kier molecular flexibility index (Phi) is 3.65. The maximum atomic E-state index is 11.1. The first-order valence-electron chi connectivity index (χ1n) is 4.94. The summed E-state index contributed by atoms with van der Waals surface area (Å²) in [6, 6.07) is 0. The first kappa shape index (κ1) is 10.9. The van der Waals surface area contributed by atoms with E-state index in [2.05, 4.69) is 13.8 Å². The second-order valence-electron chi connectivity index (χ2n) is 4.18. The Bertz CT molecular complexity index is 183. The van der Waals surface area contributed by atoms with Gasteiger partial charge in [-0.3, -0.25) is 4.79 Å². The number of thioether (sulfide) groups is 1. The van der Waals surface area contributed by atoms with E-state index in [4.69, 9.17) is 5.11 Å². The molecule has 76 valence electrons. The molecule has 0 aliphatic carbocycles. The molecule has 2 nitrogen and oxygen atoms in total. The number of aliphatic carboxylic acids is 1. The third-order valence-electron chi connectivity index (χ3n) is 2.62. The van der Waals surface area contributed by atoms with Gasteiger partial charge in [-0.1, -0.05) is 13.8 Å². The standard InChI is InChI=1S/C10H18O2S/c1-8(2)4-6-10(9(11)12)5-3-7-13-10/h8H,3-7H2,1-2H3,(H,11,12). The molecule has 0 aromatic heterocycles. The Morgan fingerprint density at radius 3 is 2.69 bits per heavy atom. The summed E-state index contributed by atoms with van der Waals surface area (Å²) in [6.07, 6.45) is 3.79. The molecular formula is C10H18O2S. The van der Waals surface area contributed by atoms with Crippen LogP contribution >= 0.6 is 11.8 Å². The van der Waals surface area contributed by atoms with Crippen LogP contribution in [0, 0.1) is 5.92 Å². The van der Waals surface area contributed by atoms with E-state index in [1.54, 1.807) is 11.8 Å². The molecule has 1 aliphatic heterocycles. The predicted octanol–water partition coefficient (Wildman–Crippen LogP) is 2.77. The molecule has 0 radical (unpaired) electrons. The normalized spacial score (nSPS) is 28.2. The third kappa shape index (κ3) is 2.63. The molecule has 1 unspecified atom stereocenters. The number of rotatable bonds is 4. The molecule has 1 N–H and O–H groups in total. The van der Waals surface area contributed by atoms with Crippen LogP contribution in [0.15, 0.2) is 0 Å². The number of carboxylic acid groups (broad SMARTS) is 1. The van der Waals surface area contributed by atoms with Gasteiger partial charge in [0.2, 0.25) is 0 Å². The summed E-state index contributed by atoms with van der Waals surface area (Å²) in [5, 5.41) is 9.16. The van der Waals surface area contributed by atoms with Crippen LogP contribution in [-0.2, 0) is 4.79 Å². The van der Waals surface area contributed by atoms with E-state index in [1.807, 2.05) is 0 Å². The van der Waals surface area contributed by atoms with E-state index in [1.165, 1.54) is 0 Å². The van der Waals surface area contributed by atoms with Crippen LogP contribution in [0.2, 0.25) is 0 Å². The van der Waals surface area contributed by atoms with Gasteiger partial charge in [-0.15, -0.1) is 11.8 Å². The van der Waals surface area contributed by atoms with Gasteiger partial charge in [0.15, 0.2) is 0 Å². The highest BCUT2D eigenvalue weighted by atomic mass is 32.2. The van der Waals surface area contributed by atoms with Crippen molar-refractivity contribution in [2.45, 2.75) is 44.3 Å². The zero-order valence-corrected chi connectivity index (χ0v) is 9.19. The highest BCUT2D eigenvalue weighted by Crippen LogP contribution is 2.42. The van der Waals surface area contributed by atoms with Crippen LogP contribution < -0.4 is 0 Å². The Hall–Kier alpha value is -0.180. The van der Waals surface area contributed by atoms with E-state index >= 15 is 0 Å². The molecule has 3 heteroatoms. The van der Waals surface area contributed by atoms with E-state index < -0.39 is 10.7 Å². The highest BCUT2D eigenvalue weighted by Gasteiger charge is 2.41. The molecule has 1 aliphatic rings. The SMILES string of the molecule is CC(C)CCC1(C(=O)O)CCCS1. The summed E-state index contributed by atoms with van der Waals surface area (Å²) in [6.45, 7) is 4.30. The summed E-state index contributed by atoms with van der Waals surface area (Å²) < 4.78 is -0.440. The maximum absolute atomic E-state index is 11.1. The van der Waals surface area contributed by atoms with Gasteiger partial charge in [0.25, 0.3) is 0 Å². The first-order chi connectivity index (χ1) is 6.07. The van der Waals surface area contributed by atoms with Gasteiger partial charge in [-0.2, -0.15) is 0 Å². The Balaban J connectivity index is 2.52. The van der Waals surface area contributed by atoms with Crippen molar-refractivity contribution in [1.82, 2.24) is 0 Å². The zero-order valence-electron chi connectivity index (χ0n) is 8.38. The summed E-state index contributed by atoms with van der Waals surface area (Å²) >= 11 is 1.64. The Morgan fingerprint density at radius 2 is 2.31 bits per heavy atom. The van der Waals surface area contributed by atoms with Crippen molar-refractivity contribution in [2.75, 3.05) is 5.75 Å². The highest BCUT2D eigenvalue weighted by molar-refractivity contribution is 8.01. The number of hydrogen-bond acceptors (Lipinski definition) is 2.